The van der Waals surface area contributed by atoms with Gasteiger partial charge in [0.1, 0.15) is 30.8 Å². The molecular formula is C33H48N4O8. The lowest BCUT2D eigenvalue weighted by Crippen LogP contribution is -2.62. The summed E-state index contributed by atoms with van der Waals surface area (Å²) in [5.41, 5.74) is -0.681. The Morgan fingerprint density at radius 1 is 0.956 bits per heavy atom. The minimum Gasteiger partial charge on any atom is -0.460 e. The van der Waals surface area contributed by atoms with Crippen LogP contribution in [0.2, 0.25) is 0 Å². The first kappa shape index (κ1) is 35.5. The summed E-state index contributed by atoms with van der Waals surface area (Å²) < 4.78 is 10.5. The molecule has 1 aromatic rings. The van der Waals surface area contributed by atoms with E-state index in [2.05, 4.69) is 16.0 Å². The number of amides is 4. The predicted molar refractivity (Wildman–Crippen MR) is 165 cm³/mol. The molecule has 1 aromatic carbocycles. The summed E-state index contributed by atoms with van der Waals surface area (Å²) in [5.74, 6) is -3.65. The molecule has 3 unspecified atom stereocenters. The van der Waals surface area contributed by atoms with Crippen LogP contribution < -0.4 is 16.0 Å². The highest BCUT2D eigenvalue weighted by Crippen LogP contribution is 2.43. The molecular weight excluding hydrogens is 580 g/mol. The monoisotopic (exact) mass is 628 g/mol. The van der Waals surface area contributed by atoms with Crippen LogP contribution >= 0.6 is 0 Å². The summed E-state index contributed by atoms with van der Waals surface area (Å²) in [6, 6.07) is 5.88. The topological polar surface area (TPSA) is 160 Å². The SMILES string of the molecule is CCCC(NC(=O)[C@@H]1C2CCC(C2)N1C(=O)[C@@H](NC(=O)OC(C)(C)C)C(C)(C)C)C(=O)C(=O)NCC(=O)OCc1ccccc1. The van der Waals surface area contributed by atoms with Crippen molar-refractivity contribution in [3.8, 4) is 0 Å². The number of nitrogens with zero attached hydrogens (tertiary/aromatic N) is 1. The second-order valence-electron chi connectivity index (χ2n) is 13.9. The zero-order valence-corrected chi connectivity index (χ0v) is 27.4. The molecule has 0 aromatic heterocycles. The number of benzene rings is 1. The fraction of sp³-hybridized carbons (Fsp3) is 0.636. The van der Waals surface area contributed by atoms with Crippen molar-refractivity contribution in [2.45, 2.75) is 117 Å². The molecule has 2 aliphatic rings. The van der Waals surface area contributed by atoms with Gasteiger partial charge >= 0.3 is 12.1 Å². The highest BCUT2D eigenvalue weighted by molar-refractivity contribution is 6.38. The molecule has 1 heterocycles. The molecule has 3 rings (SSSR count). The van der Waals surface area contributed by atoms with Gasteiger partial charge in [-0.25, -0.2) is 4.79 Å². The van der Waals surface area contributed by atoms with Gasteiger partial charge in [-0.15, -0.1) is 0 Å². The number of nitrogens with one attached hydrogen (secondary N) is 3. The molecule has 1 saturated heterocycles. The third kappa shape index (κ3) is 9.76. The molecule has 2 fully saturated rings. The maximum Gasteiger partial charge on any atom is 0.408 e. The van der Waals surface area contributed by atoms with E-state index in [9.17, 15) is 28.8 Å². The molecule has 1 aliphatic carbocycles. The number of carbonyl (C=O) groups excluding carboxylic acids is 6. The maximum absolute atomic E-state index is 14.0. The number of hydrogen-bond donors (Lipinski definition) is 3. The van der Waals surface area contributed by atoms with E-state index in [1.54, 1.807) is 37.8 Å². The summed E-state index contributed by atoms with van der Waals surface area (Å²) >= 11 is 0. The summed E-state index contributed by atoms with van der Waals surface area (Å²) in [6.07, 6.45) is 2.05. The molecule has 12 heteroatoms. The predicted octanol–water partition coefficient (Wildman–Crippen LogP) is 3.02. The van der Waals surface area contributed by atoms with Crippen molar-refractivity contribution in [1.82, 2.24) is 20.9 Å². The van der Waals surface area contributed by atoms with Gasteiger partial charge in [-0.2, -0.15) is 0 Å². The molecule has 2 bridgehead atoms. The van der Waals surface area contributed by atoms with Crippen LogP contribution in [0, 0.1) is 11.3 Å². The van der Waals surface area contributed by atoms with Crippen molar-refractivity contribution in [1.29, 1.82) is 0 Å². The van der Waals surface area contributed by atoms with E-state index in [0.717, 1.165) is 18.4 Å². The van der Waals surface area contributed by atoms with Crippen molar-refractivity contribution in [3.63, 3.8) is 0 Å². The minimum atomic E-state index is -1.14. The number of esters is 1. The number of fused-ring (bicyclic) bond motifs is 2. The van der Waals surface area contributed by atoms with Crippen LogP contribution in [0.4, 0.5) is 4.79 Å². The van der Waals surface area contributed by atoms with Gasteiger partial charge in [0, 0.05) is 6.04 Å². The van der Waals surface area contributed by atoms with E-state index in [-0.39, 0.29) is 25.0 Å². The zero-order chi connectivity index (χ0) is 33.5. The number of carbonyl (C=O) groups is 6. The average molecular weight is 629 g/mol. The molecule has 0 spiro atoms. The van der Waals surface area contributed by atoms with E-state index in [4.69, 9.17) is 9.47 Å². The van der Waals surface area contributed by atoms with Crippen LogP contribution in [0.3, 0.4) is 0 Å². The standard InChI is InChI=1S/C33H48N4O8/c1-8-12-23(26(39)29(41)34-18-24(38)44-19-20-13-10-9-11-14-20)35-28(40)25-21-15-16-22(17-21)37(25)30(42)27(32(2,3)4)36-31(43)45-33(5,6)7/h9-11,13-14,21-23,25,27H,8,12,15-19H2,1-7H3,(H,34,41)(H,35,40)(H,36,43)/t21?,22?,23?,25-,27+/m0/s1. The molecule has 5 atom stereocenters. The molecule has 45 heavy (non-hydrogen) atoms. The average Bonchev–Trinajstić information content (AvgIpc) is 3.58. The quantitative estimate of drug-likeness (QED) is 0.235. The van der Waals surface area contributed by atoms with Crippen molar-refractivity contribution >= 4 is 35.6 Å². The van der Waals surface area contributed by atoms with Crippen LogP contribution in [0.15, 0.2) is 30.3 Å². The van der Waals surface area contributed by atoms with E-state index in [1.807, 2.05) is 45.9 Å². The lowest BCUT2D eigenvalue weighted by Gasteiger charge is -2.40. The Balaban J connectivity index is 1.67. The number of Topliss-reactive ketones (excluding diaryl/α,β-unsaturated/α-hetero) is 1. The molecule has 248 valence electrons. The van der Waals surface area contributed by atoms with Crippen molar-refractivity contribution < 1.29 is 38.2 Å². The summed E-state index contributed by atoms with van der Waals surface area (Å²) in [7, 11) is 0. The number of likely N-dealkylation sites (tertiary alicyclic amines) is 1. The van der Waals surface area contributed by atoms with Crippen molar-refractivity contribution in [2.75, 3.05) is 6.54 Å². The van der Waals surface area contributed by atoms with Gasteiger partial charge in [0.15, 0.2) is 0 Å². The largest absolute Gasteiger partial charge is 0.460 e. The fourth-order valence-corrected chi connectivity index (χ4v) is 5.87. The molecule has 1 saturated carbocycles. The normalized spacial score (nSPS) is 20.5. The number of piperidine rings is 1. The fourth-order valence-electron chi connectivity index (χ4n) is 5.87. The minimum absolute atomic E-state index is 0.0279. The van der Waals surface area contributed by atoms with Crippen LogP contribution in [0.5, 0.6) is 0 Å². The van der Waals surface area contributed by atoms with Gasteiger partial charge in [0.2, 0.25) is 17.6 Å². The summed E-state index contributed by atoms with van der Waals surface area (Å²) in [4.78, 5) is 80.0. The Morgan fingerprint density at radius 2 is 1.62 bits per heavy atom. The molecule has 12 nitrogen and oxygen atoms in total. The van der Waals surface area contributed by atoms with Gasteiger partial charge in [0.25, 0.3) is 5.91 Å². The zero-order valence-electron chi connectivity index (χ0n) is 27.4. The van der Waals surface area contributed by atoms with Crippen LogP contribution in [0.1, 0.15) is 86.1 Å². The lowest BCUT2D eigenvalue weighted by molar-refractivity contribution is -0.148. The maximum atomic E-state index is 14.0. The smallest absolute Gasteiger partial charge is 0.408 e. The second kappa shape index (κ2) is 14.9. The number of ether oxygens (including phenoxy) is 2. The van der Waals surface area contributed by atoms with E-state index < -0.39 is 71.3 Å². The van der Waals surface area contributed by atoms with Gasteiger partial charge in [-0.1, -0.05) is 64.4 Å². The Kier molecular flexibility index (Phi) is 11.7. The van der Waals surface area contributed by atoms with Crippen LogP contribution in [-0.2, 0) is 40.1 Å². The third-order valence-electron chi connectivity index (χ3n) is 7.95. The van der Waals surface area contributed by atoms with Crippen molar-refractivity contribution in [3.05, 3.63) is 35.9 Å². The first-order chi connectivity index (χ1) is 21.0. The highest BCUT2D eigenvalue weighted by atomic mass is 16.6. The highest BCUT2D eigenvalue weighted by Gasteiger charge is 2.54. The third-order valence-corrected chi connectivity index (χ3v) is 7.95. The Bertz CT molecular complexity index is 1250. The van der Waals surface area contributed by atoms with Gasteiger partial charge < -0.3 is 30.3 Å². The first-order valence-corrected chi connectivity index (χ1v) is 15.7. The number of ketones is 1. The first-order valence-electron chi connectivity index (χ1n) is 15.7. The Hall–Kier alpha value is -3.96. The molecule has 0 radical (unpaired) electrons. The van der Waals surface area contributed by atoms with E-state index >= 15 is 0 Å². The molecule has 1 aliphatic heterocycles. The van der Waals surface area contributed by atoms with Crippen molar-refractivity contribution in [2.24, 2.45) is 11.3 Å². The van der Waals surface area contributed by atoms with Gasteiger partial charge in [-0.3, -0.25) is 24.0 Å². The van der Waals surface area contributed by atoms with Gasteiger partial charge in [-0.05, 0) is 63.4 Å². The summed E-state index contributed by atoms with van der Waals surface area (Å²) in [6.45, 7) is 12.0. The number of hydrogen-bond acceptors (Lipinski definition) is 8. The Labute approximate surface area is 265 Å². The lowest BCUT2D eigenvalue weighted by atomic mass is 9.85. The van der Waals surface area contributed by atoms with E-state index in [1.165, 1.54) is 0 Å². The summed E-state index contributed by atoms with van der Waals surface area (Å²) in [5, 5.41) is 7.73. The molecule has 3 N–H and O–H groups in total. The molecule has 4 amide bonds. The second-order valence-corrected chi connectivity index (χ2v) is 13.9. The van der Waals surface area contributed by atoms with Gasteiger partial charge in [0.05, 0.1) is 6.04 Å². The van der Waals surface area contributed by atoms with Crippen LogP contribution in [0.25, 0.3) is 0 Å². The number of alkyl carbamates (subject to hydrolysis) is 1. The van der Waals surface area contributed by atoms with E-state index in [0.29, 0.717) is 12.8 Å². The Morgan fingerprint density at radius 3 is 2.22 bits per heavy atom. The number of rotatable bonds is 12. The van der Waals surface area contributed by atoms with Crippen LogP contribution in [-0.4, -0.2) is 76.8 Å².